The molecular weight excluding hydrogens is 262 g/mol. The van der Waals surface area contributed by atoms with Gasteiger partial charge < -0.3 is 11.1 Å². The lowest BCUT2D eigenvalue weighted by molar-refractivity contribution is 0.0940. The maximum Gasteiger partial charge on any atom is 0.253 e. The summed E-state index contributed by atoms with van der Waals surface area (Å²) >= 11 is 5.99. The van der Waals surface area contributed by atoms with Crippen LogP contribution in [0.5, 0.6) is 0 Å². The number of halogens is 1. The molecule has 1 atom stereocenters. The summed E-state index contributed by atoms with van der Waals surface area (Å²) in [6.45, 7) is 1.88. The van der Waals surface area contributed by atoms with Gasteiger partial charge in [-0.3, -0.25) is 9.78 Å². The first-order chi connectivity index (χ1) is 9.08. The van der Waals surface area contributed by atoms with E-state index in [0.717, 1.165) is 5.56 Å². The highest BCUT2D eigenvalue weighted by molar-refractivity contribution is 6.34. The number of amides is 1. The zero-order chi connectivity index (χ0) is 13.8. The van der Waals surface area contributed by atoms with Gasteiger partial charge in [-0.2, -0.15) is 0 Å². The van der Waals surface area contributed by atoms with Crippen LogP contribution in [-0.2, 0) is 0 Å². The second-order valence-electron chi connectivity index (χ2n) is 4.22. The minimum absolute atomic E-state index is 0.154. The Balaban J connectivity index is 2.15. The van der Waals surface area contributed by atoms with Gasteiger partial charge in [0.2, 0.25) is 0 Å². The molecule has 3 N–H and O–H groups in total. The van der Waals surface area contributed by atoms with Crippen molar-refractivity contribution in [3.63, 3.8) is 0 Å². The molecule has 1 amide bonds. The monoisotopic (exact) mass is 275 g/mol. The van der Waals surface area contributed by atoms with Gasteiger partial charge in [-0.05, 0) is 36.8 Å². The van der Waals surface area contributed by atoms with E-state index >= 15 is 0 Å². The fourth-order valence-corrected chi connectivity index (χ4v) is 1.91. The van der Waals surface area contributed by atoms with Crippen LogP contribution in [0.25, 0.3) is 0 Å². The number of nitrogens with two attached hydrogens (primary N) is 1. The molecule has 2 rings (SSSR count). The normalized spacial score (nSPS) is 11.9. The first-order valence-corrected chi connectivity index (χ1v) is 6.21. The fraction of sp³-hybridized carbons (Fsp3) is 0.143. The number of carbonyl (C=O) groups excluding carboxylic acids is 1. The lowest BCUT2D eigenvalue weighted by Crippen LogP contribution is -2.27. The van der Waals surface area contributed by atoms with Crippen LogP contribution in [0.15, 0.2) is 42.7 Å². The van der Waals surface area contributed by atoms with Crippen molar-refractivity contribution in [2.45, 2.75) is 13.0 Å². The highest BCUT2D eigenvalue weighted by Gasteiger charge is 2.14. The van der Waals surface area contributed by atoms with E-state index in [1.807, 2.05) is 19.1 Å². The molecule has 0 aliphatic carbocycles. The highest BCUT2D eigenvalue weighted by Crippen LogP contribution is 2.20. The molecule has 0 fully saturated rings. The number of hydrogen-bond donors (Lipinski definition) is 2. The van der Waals surface area contributed by atoms with E-state index in [0.29, 0.717) is 16.3 Å². The zero-order valence-electron chi connectivity index (χ0n) is 10.4. The van der Waals surface area contributed by atoms with Crippen LogP contribution in [0.3, 0.4) is 0 Å². The van der Waals surface area contributed by atoms with Crippen LogP contribution in [0.2, 0.25) is 5.02 Å². The van der Waals surface area contributed by atoms with E-state index in [1.165, 1.54) is 0 Å². The van der Waals surface area contributed by atoms with Gasteiger partial charge in [0.1, 0.15) is 0 Å². The quantitative estimate of drug-likeness (QED) is 0.847. The van der Waals surface area contributed by atoms with Gasteiger partial charge in [0.05, 0.1) is 16.6 Å². The summed E-state index contributed by atoms with van der Waals surface area (Å²) in [7, 11) is 0. The number of anilines is 1. The molecule has 0 aliphatic heterocycles. The minimum atomic E-state index is -0.256. The largest absolute Gasteiger partial charge is 0.399 e. The lowest BCUT2D eigenvalue weighted by atomic mass is 10.1. The zero-order valence-corrected chi connectivity index (χ0v) is 11.2. The minimum Gasteiger partial charge on any atom is -0.399 e. The van der Waals surface area contributed by atoms with E-state index in [2.05, 4.69) is 10.3 Å². The van der Waals surface area contributed by atoms with Gasteiger partial charge in [-0.1, -0.05) is 17.7 Å². The van der Waals surface area contributed by atoms with E-state index in [9.17, 15) is 4.79 Å². The van der Waals surface area contributed by atoms with Crippen LogP contribution in [-0.4, -0.2) is 10.9 Å². The standard InChI is InChI=1S/C14H14ClN3O/c1-9(10-3-2-6-17-8-10)18-14(19)12-7-11(16)4-5-13(12)15/h2-9H,16H2,1H3,(H,18,19). The lowest BCUT2D eigenvalue weighted by Gasteiger charge is -2.14. The molecule has 0 aliphatic rings. The topological polar surface area (TPSA) is 68.0 Å². The van der Waals surface area contributed by atoms with E-state index in [-0.39, 0.29) is 11.9 Å². The van der Waals surface area contributed by atoms with Gasteiger partial charge in [0.25, 0.3) is 5.91 Å². The summed E-state index contributed by atoms with van der Waals surface area (Å²) in [5, 5.41) is 3.24. The summed E-state index contributed by atoms with van der Waals surface area (Å²) in [4.78, 5) is 16.2. The molecule has 19 heavy (non-hydrogen) atoms. The first kappa shape index (κ1) is 13.4. The molecular formula is C14H14ClN3O. The van der Waals surface area contributed by atoms with Crippen LogP contribution in [0.1, 0.15) is 28.9 Å². The molecule has 0 spiro atoms. The fourth-order valence-electron chi connectivity index (χ4n) is 1.71. The molecule has 0 bridgehead atoms. The summed E-state index contributed by atoms with van der Waals surface area (Å²) in [6, 6.07) is 8.40. The summed E-state index contributed by atoms with van der Waals surface area (Å²) in [5.74, 6) is -0.256. The Hall–Kier alpha value is -2.07. The SMILES string of the molecule is CC(NC(=O)c1cc(N)ccc1Cl)c1cccnc1. The maximum absolute atomic E-state index is 12.1. The number of rotatable bonds is 3. The van der Waals surface area contributed by atoms with E-state index in [1.54, 1.807) is 30.6 Å². The van der Waals surface area contributed by atoms with Crippen molar-refractivity contribution in [3.05, 3.63) is 58.9 Å². The Morgan fingerprint density at radius 2 is 2.21 bits per heavy atom. The van der Waals surface area contributed by atoms with E-state index < -0.39 is 0 Å². The van der Waals surface area contributed by atoms with Gasteiger partial charge >= 0.3 is 0 Å². The predicted molar refractivity (Wildman–Crippen MR) is 76.0 cm³/mol. The molecule has 1 aromatic heterocycles. The molecule has 4 nitrogen and oxygen atoms in total. The third-order valence-electron chi connectivity index (χ3n) is 2.77. The van der Waals surface area contributed by atoms with Crippen molar-refractivity contribution in [2.24, 2.45) is 0 Å². The third-order valence-corrected chi connectivity index (χ3v) is 3.10. The molecule has 5 heteroatoms. The molecule has 0 saturated heterocycles. The van der Waals surface area contributed by atoms with Gasteiger partial charge in [-0.25, -0.2) is 0 Å². The average Bonchev–Trinajstić information content (AvgIpc) is 2.42. The Morgan fingerprint density at radius 1 is 1.42 bits per heavy atom. The van der Waals surface area contributed by atoms with Crippen LogP contribution < -0.4 is 11.1 Å². The Labute approximate surface area is 116 Å². The molecule has 1 aromatic carbocycles. The van der Waals surface area contributed by atoms with Crippen LogP contribution in [0.4, 0.5) is 5.69 Å². The summed E-state index contributed by atoms with van der Waals surface area (Å²) in [5.41, 5.74) is 7.46. The van der Waals surface area contributed by atoms with Gasteiger partial charge in [0.15, 0.2) is 0 Å². The second kappa shape index (κ2) is 5.71. The number of aromatic nitrogens is 1. The van der Waals surface area contributed by atoms with Crippen molar-refractivity contribution in [1.29, 1.82) is 0 Å². The van der Waals surface area contributed by atoms with Crippen molar-refractivity contribution in [2.75, 3.05) is 5.73 Å². The second-order valence-corrected chi connectivity index (χ2v) is 4.63. The summed E-state index contributed by atoms with van der Waals surface area (Å²) < 4.78 is 0. The predicted octanol–water partition coefficient (Wildman–Crippen LogP) is 2.81. The first-order valence-electron chi connectivity index (χ1n) is 5.83. The maximum atomic E-state index is 12.1. The summed E-state index contributed by atoms with van der Waals surface area (Å²) in [6.07, 6.45) is 3.40. The third kappa shape index (κ3) is 3.23. The van der Waals surface area contributed by atoms with Crippen LogP contribution in [0, 0.1) is 0 Å². The van der Waals surface area contributed by atoms with Gasteiger partial charge in [0, 0.05) is 18.1 Å². The van der Waals surface area contributed by atoms with Gasteiger partial charge in [-0.15, -0.1) is 0 Å². The Morgan fingerprint density at radius 3 is 2.89 bits per heavy atom. The molecule has 2 aromatic rings. The van der Waals surface area contributed by atoms with Crippen LogP contribution >= 0.6 is 11.6 Å². The van der Waals surface area contributed by atoms with Crippen molar-refractivity contribution < 1.29 is 4.79 Å². The number of benzene rings is 1. The average molecular weight is 276 g/mol. The number of carbonyl (C=O) groups is 1. The Bertz CT molecular complexity index is 586. The van der Waals surface area contributed by atoms with Crippen molar-refractivity contribution in [3.8, 4) is 0 Å². The number of nitrogens with zero attached hydrogens (tertiary/aromatic N) is 1. The number of hydrogen-bond acceptors (Lipinski definition) is 3. The highest BCUT2D eigenvalue weighted by atomic mass is 35.5. The van der Waals surface area contributed by atoms with Crippen molar-refractivity contribution >= 4 is 23.2 Å². The smallest absolute Gasteiger partial charge is 0.253 e. The molecule has 0 radical (unpaired) electrons. The molecule has 98 valence electrons. The molecule has 1 heterocycles. The van der Waals surface area contributed by atoms with E-state index in [4.69, 9.17) is 17.3 Å². The van der Waals surface area contributed by atoms with Crippen molar-refractivity contribution in [1.82, 2.24) is 10.3 Å². The number of nitrogen functional groups attached to an aromatic ring is 1. The number of nitrogens with one attached hydrogen (secondary N) is 1. The molecule has 1 unspecified atom stereocenters. The Kier molecular flexibility index (Phi) is 4.02. The molecule has 0 saturated carbocycles. The number of pyridine rings is 1.